The van der Waals surface area contributed by atoms with E-state index in [1.54, 1.807) is 0 Å². The maximum Gasteiger partial charge on any atom is 0.270 e. The van der Waals surface area contributed by atoms with Gasteiger partial charge >= 0.3 is 0 Å². The second-order valence-electron chi connectivity index (χ2n) is 7.58. The Bertz CT molecular complexity index is 940. The molecule has 0 bridgehead atoms. The Balaban J connectivity index is 1.48. The third-order valence-corrected chi connectivity index (χ3v) is 5.83. The van der Waals surface area contributed by atoms with E-state index in [1.807, 2.05) is 18.2 Å². The van der Waals surface area contributed by atoms with Gasteiger partial charge in [0.15, 0.2) is 11.5 Å². The van der Waals surface area contributed by atoms with Gasteiger partial charge in [0.05, 0.1) is 0 Å². The minimum Gasteiger partial charge on any atom is -0.454 e. The van der Waals surface area contributed by atoms with Gasteiger partial charge in [-0.1, -0.05) is 13.0 Å². The molecule has 29 heavy (non-hydrogen) atoms. The second-order valence-corrected chi connectivity index (χ2v) is 7.58. The van der Waals surface area contributed by atoms with Gasteiger partial charge in [-0.3, -0.25) is 4.79 Å². The van der Waals surface area contributed by atoms with Gasteiger partial charge in [-0.05, 0) is 30.7 Å². The van der Waals surface area contributed by atoms with E-state index in [2.05, 4.69) is 27.0 Å². The zero-order chi connectivity index (χ0) is 19.8. The average molecular weight is 395 g/mol. The number of carbonyl (C=O) groups excluding carboxylic acids is 1. The van der Waals surface area contributed by atoms with Crippen molar-refractivity contribution in [3.05, 3.63) is 40.8 Å². The predicted molar refractivity (Wildman–Crippen MR) is 108 cm³/mol. The molecule has 3 aliphatic heterocycles. The first kappa shape index (κ1) is 18.2. The zero-order valence-corrected chi connectivity index (χ0v) is 16.6. The molecular formula is C21H25N5O3. The van der Waals surface area contributed by atoms with Crippen LogP contribution in [0.2, 0.25) is 0 Å². The van der Waals surface area contributed by atoms with Gasteiger partial charge in [0.2, 0.25) is 6.79 Å². The molecule has 1 aromatic heterocycles. The monoisotopic (exact) mass is 395 g/mol. The first-order chi connectivity index (χ1) is 14.2. The van der Waals surface area contributed by atoms with Gasteiger partial charge in [0.25, 0.3) is 5.91 Å². The van der Waals surface area contributed by atoms with Gasteiger partial charge in [-0.15, -0.1) is 0 Å². The summed E-state index contributed by atoms with van der Waals surface area (Å²) in [5.74, 6) is 2.99. The Morgan fingerprint density at radius 3 is 2.76 bits per heavy atom. The Morgan fingerprint density at radius 1 is 1.10 bits per heavy atom. The van der Waals surface area contributed by atoms with Crippen LogP contribution >= 0.6 is 0 Å². The molecule has 152 valence electrons. The van der Waals surface area contributed by atoms with Crippen LogP contribution < -0.4 is 19.7 Å². The van der Waals surface area contributed by atoms with Crippen molar-refractivity contribution >= 4 is 11.7 Å². The minimum absolute atomic E-state index is 0.103. The summed E-state index contributed by atoms with van der Waals surface area (Å²) in [6.07, 6.45) is 1.31. The molecule has 4 heterocycles. The zero-order valence-electron chi connectivity index (χ0n) is 16.6. The van der Waals surface area contributed by atoms with Crippen molar-refractivity contribution in [3.8, 4) is 11.5 Å². The van der Waals surface area contributed by atoms with Crippen LogP contribution in [0.15, 0.2) is 18.2 Å². The van der Waals surface area contributed by atoms with Gasteiger partial charge in [0.1, 0.15) is 17.3 Å². The van der Waals surface area contributed by atoms with Gasteiger partial charge in [-0.25, -0.2) is 9.97 Å². The van der Waals surface area contributed by atoms with Crippen LogP contribution in [0.4, 0.5) is 5.82 Å². The van der Waals surface area contributed by atoms with Crippen molar-refractivity contribution in [2.24, 2.45) is 0 Å². The predicted octanol–water partition coefficient (Wildman–Crippen LogP) is 1.22. The Hall–Kier alpha value is -2.87. The van der Waals surface area contributed by atoms with E-state index in [9.17, 15) is 4.79 Å². The number of nitrogens with one attached hydrogen (secondary N) is 1. The third-order valence-electron chi connectivity index (χ3n) is 5.83. The number of nitrogens with zero attached hydrogens (tertiary/aromatic N) is 4. The number of fused-ring (bicyclic) bond motifs is 2. The summed E-state index contributed by atoms with van der Waals surface area (Å²) in [7, 11) is 0. The van der Waals surface area contributed by atoms with E-state index in [0.717, 1.165) is 67.6 Å². The van der Waals surface area contributed by atoms with Crippen molar-refractivity contribution in [1.82, 2.24) is 20.2 Å². The maximum atomic E-state index is 12.5. The number of hydrogen-bond donors (Lipinski definition) is 1. The number of amides is 1. The average Bonchev–Trinajstić information content (AvgIpc) is 3.22. The van der Waals surface area contributed by atoms with E-state index in [0.29, 0.717) is 24.5 Å². The molecular weight excluding hydrogens is 370 g/mol. The molecule has 1 amide bonds. The van der Waals surface area contributed by atoms with E-state index in [1.165, 1.54) is 0 Å². The van der Waals surface area contributed by atoms with Crippen molar-refractivity contribution < 1.29 is 14.3 Å². The molecule has 0 spiro atoms. The van der Waals surface area contributed by atoms with Gasteiger partial charge in [-0.2, -0.15) is 0 Å². The lowest BCUT2D eigenvalue weighted by atomic mass is 10.0. The van der Waals surface area contributed by atoms with Crippen molar-refractivity contribution in [2.45, 2.75) is 19.8 Å². The number of ether oxygens (including phenoxy) is 2. The van der Waals surface area contributed by atoms with Crippen LogP contribution in [-0.4, -0.2) is 66.8 Å². The van der Waals surface area contributed by atoms with Crippen LogP contribution in [-0.2, 0) is 12.8 Å². The summed E-state index contributed by atoms with van der Waals surface area (Å²) in [5, 5.41) is 2.92. The summed E-state index contributed by atoms with van der Waals surface area (Å²) in [5.41, 5.74) is 2.54. The second kappa shape index (κ2) is 7.51. The minimum atomic E-state index is -0.103. The number of likely N-dealkylation sites (N-methyl/N-ethyl adjacent to an activating group) is 1. The molecule has 0 radical (unpaired) electrons. The summed E-state index contributed by atoms with van der Waals surface area (Å²) >= 11 is 0. The van der Waals surface area contributed by atoms with E-state index in [-0.39, 0.29) is 12.7 Å². The molecule has 5 rings (SSSR count). The number of hydrogen-bond acceptors (Lipinski definition) is 7. The lowest BCUT2D eigenvalue weighted by molar-refractivity contribution is 0.0940. The number of benzene rings is 1. The first-order valence-electron chi connectivity index (χ1n) is 10.2. The summed E-state index contributed by atoms with van der Waals surface area (Å²) in [6, 6.07) is 5.87. The fourth-order valence-electron chi connectivity index (χ4n) is 4.17. The van der Waals surface area contributed by atoms with Gasteiger partial charge in [0, 0.05) is 44.7 Å². The quantitative estimate of drug-likeness (QED) is 0.834. The maximum absolute atomic E-state index is 12.5. The van der Waals surface area contributed by atoms with Crippen LogP contribution in [0.1, 0.15) is 34.4 Å². The summed E-state index contributed by atoms with van der Waals surface area (Å²) < 4.78 is 10.9. The molecule has 0 atom stereocenters. The lowest BCUT2D eigenvalue weighted by Gasteiger charge is -2.36. The van der Waals surface area contributed by atoms with E-state index < -0.39 is 0 Å². The largest absolute Gasteiger partial charge is 0.454 e. The van der Waals surface area contributed by atoms with Crippen LogP contribution in [0, 0.1) is 0 Å². The van der Waals surface area contributed by atoms with Crippen LogP contribution in [0.3, 0.4) is 0 Å². The SMILES string of the molecule is CCN1CCN(c2nc(Cc3ccc4c(c3)OCO4)nc3c2CCNC3=O)CC1. The molecule has 1 N–H and O–H groups in total. The van der Waals surface area contributed by atoms with E-state index in [4.69, 9.17) is 14.5 Å². The molecule has 1 aromatic carbocycles. The molecule has 1 fully saturated rings. The highest BCUT2D eigenvalue weighted by molar-refractivity contribution is 5.96. The van der Waals surface area contributed by atoms with Crippen molar-refractivity contribution in [3.63, 3.8) is 0 Å². The Labute approximate surface area is 169 Å². The molecule has 8 heteroatoms. The molecule has 2 aromatic rings. The lowest BCUT2D eigenvalue weighted by Crippen LogP contribution is -2.47. The molecule has 3 aliphatic rings. The number of aromatic nitrogens is 2. The number of carbonyl (C=O) groups is 1. The topological polar surface area (TPSA) is 79.8 Å². The fraction of sp³-hybridized carbons (Fsp3) is 0.476. The molecule has 8 nitrogen and oxygen atoms in total. The number of anilines is 1. The molecule has 0 saturated carbocycles. The number of piperazine rings is 1. The molecule has 1 saturated heterocycles. The van der Waals surface area contributed by atoms with Crippen LogP contribution in [0.5, 0.6) is 11.5 Å². The third kappa shape index (κ3) is 3.48. The number of rotatable bonds is 4. The molecule has 0 unspecified atom stereocenters. The highest BCUT2D eigenvalue weighted by Gasteiger charge is 2.28. The van der Waals surface area contributed by atoms with Crippen molar-refractivity contribution in [1.29, 1.82) is 0 Å². The van der Waals surface area contributed by atoms with Gasteiger partial charge < -0.3 is 24.6 Å². The standard InChI is InChI=1S/C21H25N5O3/c1-2-25-7-9-26(10-8-25)20-15-5-6-22-21(27)19(15)23-18(24-20)12-14-3-4-16-17(11-14)29-13-28-16/h3-4,11H,2,5-10,12-13H2,1H3,(H,22,27). The summed E-state index contributed by atoms with van der Waals surface area (Å²) in [4.78, 5) is 26.8. The van der Waals surface area contributed by atoms with Crippen LogP contribution in [0.25, 0.3) is 0 Å². The highest BCUT2D eigenvalue weighted by Crippen LogP contribution is 2.33. The summed E-state index contributed by atoms with van der Waals surface area (Å²) in [6.45, 7) is 8.01. The Kier molecular flexibility index (Phi) is 4.71. The highest BCUT2D eigenvalue weighted by atomic mass is 16.7. The normalized spacial score (nSPS) is 18.5. The Morgan fingerprint density at radius 2 is 1.93 bits per heavy atom. The smallest absolute Gasteiger partial charge is 0.270 e. The molecule has 0 aliphatic carbocycles. The fourth-order valence-corrected chi connectivity index (χ4v) is 4.17. The van der Waals surface area contributed by atoms with Crippen molar-refractivity contribution in [2.75, 3.05) is 51.0 Å². The first-order valence-corrected chi connectivity index (χ1v) is 10.2. The van der Waals surface area contributed by atoms with E-state index >= 15 is 0 Å².